The lowest BCUT2D eigenvalue weighted by atomic mass is 10.2. The third-order valence-corrected chi connectivity index (χ3v) is 1.87. The topological polar surface area (TPSA) is 39.9 Å². The van der Waals surface area contributed by atoms with Gasteiger partial charge in [0.2, 0.25) is 0 Å². The average molecular weight is 193 g/mol. The zero-order valence-corrected chi connectivity index (χ0v) is 8.24. The molecule has 0 radical (unpaired) electrons. The summed E-state index contributed by atoms with van der Waals surface area (Å²) in [6.07, 6.45) is 1.17. The molecule has 0 aliphatic rings. The minimum absolute atomic E-state index is 0.0631. The number of hydrogen-bond acceptors (Lipinski definition) is 3. The van der Waals surface area contributed by atoms with Gasteiger partial charge in [0, 0.05) is 13.6 Å². The van der Waals surface area contributed by atoms with Crippen molar-refractivity contribution in [1.82, 2.24) is 4.98 Å². The fraction of sp³-hybridized carbons (Fsp3) is 0.400. The molecule has 1 aromatic heterocycles. The normalized spacial score (nSPS) is 11.9. The molecule has 14 heavy (non-hydrogen) atoms. The second kappa shape index (κ2) is 4.56. The van der Waals surface area contributed by atoms with Gasteiger partial charge in [-0.15, -0.1) is 0 Å². The standard InChI is InChI=1S/C10H12FN3/c1-8(5-12)7-14(2)10-4-3-9(11)6-13-10/h3-4,6,8H,7H2,1-2H3. The van der Waals surface area contributed by atoms with Crippen LogP contribution in [0.25, 0.3) is 0 Å². The van der Waals surface area contributed by atoms with E-state index in [-0.39, 0.29) is 11.7 Å². The van der Waals surface area contributed by atoms with Gasteiger partial charge in [-0.25, -0.2) is 9.37 Å². The predicted molar refractivity (Wildman–Crippen MR) is 52.2 cm³/mol. The van der Waals surface area contributed by atoms with Crippen molar-refractivity contribution in [1.29, 1.82) is 5.26 Å². The van der Waals surface area contributed by atoms with E-state index >= 15 is 0 Å². The Bertz CT molecular complexity index is 328. The molecule has 1 rings (SSSR count). The number of nitrogens with zero attached hydrogens (tertiary/aromatic N) is 3. The van der Waals surface area contributed by atoms with Crippen molar-refractivity contribution < 1.29 is 4.39 Å². The molecule has 1 atom stereocenters. The summed E-state index contributed by atoms with van der Waals surface area (Å²) in [4.78, 5) is 5.73. The number of nitriles is 1. The van der Waals surface area contributed by atoms with Crippen LogP contribution >= 0.6 is 0 Å². The predicted octanol–water partition coefficient (Wildman–Crippen LogP) is 1.82. The maximum absolute atomic E-state index is 12.5. The van der Waals surface area contributed by atoms with Crippen molar-refractivity contribution in [2.75, 3.05) is 18.5 Å². The molecule has 0 amide bonds. The van der Waals surface area contributed by atoms with Crippen LogP contribution in [0.4, 0.5) is 10.2 Å². The van der Waals surface area contributed by atoms with Crippen molar-refractivity contribution in [2.45, 2.75) is 6.92 Å². The molecule has 4 heteroatoms. The maximum Gasteiger partial charge on any atom is 0.141 e. The average Bonchev–Trinajstić information content (AvgIpc) is 2.18. The lowest BCUT2D eigenvalue weighted by Crippen LogP contribution is -2.23. The van der Waals surface area contributed by atoms with E-state index < -0.39 is 0 Å². The second-order valence-corrected chi connectivity index (χ2v) is 3.25. The summed E-state index contributed by atoms with van der Waals surface area (Å²) in [5.74, 6) is 0.260. The van der Waals surface area contributed by atoms with Crippen molar-refractivity contribution in [3.8, 4) is 6.07 Å². The summed E-state index contributed by atoms with van der Waals surface area (Å²) in [5, 5.41) is 8.62. The Hall–Kier alpha value is -1.63. The quantitative estimate of drug-likeness (QED) is 0.735. The molecule has 0 spiro atoms. The molecule has 3 nitrogen and oxygen atoms in total. The SMILES string of the molecule is CC(C#N)CN(C)c1ccc(F)cn1. The summed E-state index contributed by atoms with van der Waals surface area (Å²) >= 11 is 0. The van der Waals surface area contributed by atoms with E-state index in [4.69, 9.17) is 5.26 Å². The van der Waals surface area contributed by atoms with Gasteiger partial charge >= 0.3 is 0 Å². The third kappa shape index (κ3) is 2.70. The number of rotatable bonds is 3. The molecule has 1 aromatic rings. The summed E-state index contributed by atoms with van der Waals surface area (Å²) < 4.78 is 12.5. The van der Waals surface area contributed by atoms with E-state index in [1.165, 1.54) is 12.3 Å². The van der Waals surface area contributed by atoms with Gasteiger partial charge in [0.05, 0.1) is 18.2 Å². The smallest absolute Gasteiger partial charge is 0.141 e. The van der Waals surface area contributed by atoms with Crippen LogP contribution in [-0.4, -0.2) is 18.6 Å². The van der Waals surface area contributed by atoms with Crippen LogP contribution in [0.2, 0.25) is 0 Å². The van der Waals surface area contributed by atoms with Gasteiger partial charge in [-0.2, -0.15) is 5.26 Å². The molecule has 0 bridgehead atoms. The monoisotopic (exact) mass is 193 g/mol. The zero-order chi connectivity index (χ0) is 10.6. The molecule has 0 aromatic carbocycles. The second-order valence-electron chi connectivity index (χ2n) is 3.25. The van der Waals surface area contributed by atoms with Gasteiger partial charge in [-0.1, -0.05) is 0 Å². The molecule has 1 unspecified atom stereocenters. The van der Waals surface area contributed by atoms with Gasteiger partial charge in [-0.05, 0) is 19.1 Å². The minimum Gasteiger partial charge on any atom is -0.358 e. The lowest BCUT2D eigenvalue weighted by Gasteiger charge is -2.18. The Morgan fingerprint density at radius 1 is 1.64 bits per heavy atom. The Morgan fingerprint density at radius 3 is 2.86 bits per heavy atom. The fourth-order valence-corrected chi connectivity index (χ4v) is 1.14. The molecule has 0 saturated carbocycles. The zero-order valence-electron chi connectivity index (χ0n) is 8.24. The Balaban J connectivity index is 2.66. The molecular weight excluding hydrogens is 181 g/mol. The summed E-state index contributed by atoms with van der Waals surface area (Å²) in [7, 11) is 1.83. The van der Waals surface area contributed by atoms with Gasteiger partial charge in [0.25, 0.3) is 0 Å². The van der Waals surface area contributed by atoms with Gasteiger partial charge in [0.1, 0.15) is 11.6 Å². The Morgan fingerprint density at radius 2 is 2.36 bits per heavy atom. The van der Waals surface area contributed by atoms with E-state index in [2.05, 4.69) is 11.1 Å². The number of halogens is 1. The first kappa shape index (κ1) is 10.5. The molecule has 1 heterocycles. The first-order valence-corrected chi connectivity index (χ1v) is 4.36. The van der Waals surface area contributed by atoms with Crippen LogP contribution in [0.1, 0.15) is 6.92 Å². The maximum atomic E-state index is 12.5. The Kier molecular flexibility index (Phi) is 3.41. The Labute approximate surface area is 82.8 Å². The van der Waals surface area contributed by atoms with E-state index in [1.54, 1.807) is 6.07 Å². The highest BCUT2D eigenvalue weighted by molar-refractivity contribution is 5.36. The number of aromatic nitrogens is 1. The van der Waals surface area contributed by atoms with Crippen molar-refractivity contribution >= 4 is 5.82 Å². The van der Waals surface area contributed by atoms with Crippen molar-refractivity contribution in [2.24, 2.45) is 5.92 Å². The number of anilines is 1. The molecule has 0 saturated heterocycles. The van der Waals surface area contributed by atoms with Crippen LogP contribution in [0.5, 0.6) is 0 Å². The van der Waals surface area contributed by atoms with Crippen LogP contribution < -0.4 is 4.90 Å². The van der Waals surface area contributed by atoms with E-state index in [0.29, 0.717) is 12.4 Å². The highest BCUT2D eigenvalue weighted by atomic mass is 19.1. The first-order chi connectivity index (χ1) is 6.63. The van der Waals surface area contributed by atoms with Crippen molar-refractivity contribution in [3.05, 3.63) is 24.1 Å². The summed E-state index contributed by atoms with van der Waals surface area (Å²) in [5.41, 5.74) is 0. The van der Waals surface area contributed by atoms with E-state index in [1.807, 2.05) is 18.9 Å². The van der Waals surface area contributed by atoms with Gasteiger partial charge < -0.3 is 4.90 Å². The summed E-state index contributed by atoms with van der Waals surface area (Å²) in [6.45, 7) is 2.43. The number of hydrogen-bond donors (Lipinski definition) is 0. The van der Waals surface area contributed by atoms with Crippen LogP contribution in [0, 0.1) is 23.1 Å². The lowest BCUT2D eigenvalue weighted by molar-refractivity contribution is 0.619. The van der Waals surface area contributed by atoms with Crippen LogP contribution in [0.15, 0.2) is 18.3 Å². The first-order valence-electron chi connectivity index (χ1n) is 4.36. The van der Waals surface area contributed by atoms with E-state index in [0.717, 1.165) is 0 Å². The highest BCUT2D eigenvalue weighted by Gasteiger charge is 2.06. The van der Waals surface area contributed by atoms with E-state index in [9.17, 15) is 4.39 Å². The molecule has 0 aliphatic heterocycles. The minimum atomic E-state index is -0.351. The molecule has 0 N–H and O–H groups in total. The highest BCUT2D eigenvalue weighted by Crippen LogP contribution is 2.10. The summed E-state index contributed by atoms with van der Waals surface area (Å²) in [6, 6.07) is 5.09. The van der Waals surface area contributed by atoms with Gasteiger partial charge in [-0.3, -0.25) is 0 Å². The number of pyridine rings is 1. The van der Waals surface area contributed by atoms with Crippen LogP contribution in [-0.2, 0) is 0 Å². The largest absolute Gasteiger partial charge is 0.358 e. The van der Waals surface area contributed by atoms with Gasteiger partial charge in [0.15, 0.2) is 0 Å². The van der Waals surface area contributed by atoms with Crippen molar-refractivity contribution in [3.63, 3.8) is 0 Å². The molecular formula is C10H12FN3. The molecule has 0 aliphatic carbocycles. The molecule has 0 fully saturated rings. The fourth-order valence-electron chi connectivity index (χ4n) is 1.14. The third-order valence-electron chi connectivity index (χ3n) is 1.87. The van der Waals surface area contributed by atoms with Crippen LogP contribution in [0.3, 0.4) is 0 Å². The molecule has 74 valence electrons.